The van der Waals surface area contributed by atoms with Crippen LogP contribution < -0.4 is 5.32 Å². The standard InChI is InChI=1S/C19H16F3N3OS/c20-19(21,22)15-6-8-16(9-7-15)24-17(26)13-27-18-23-10-11-25(18)12-14-4-2-1-3-5-14/h1-11H,12-13H2,(H,24,26). The lowest BCUT2D eigenvalue weighted by Gasteiger charge is -2.09. The molecule has 0 saturated carbocycles. The van der Waals surface area contributed by atoms with Gasteiger partial charge in [-0.25, -0.2) is 4.98 Å². The fourth-order valence-electron chi connectivity index (χ4n) is 2.41. The number of nitrogens with zero attached hydrogens (tertiary/aromatic N) is 2. The third-order valence-corrected chi connectivity index (χ3v) is 4.71. The molecule has 0 unspecified atom stereocenters. The molecule has 0 aliphatic heterocycles. The van der Waals surface area contributed by atoms with Crippen LogP contribution in [0, 0.1) is 0 Å². The Morgan fingerprint density at radius 2 is 1.78 bits per heavy atom. The maximum absolute atomic E-state index is 12.6. The van der Waals surface area contributed by atoms with Crippen LogP contribution >= 0.6 is 11.8 Å². The number of imidazole rings is 1. The van der Waals surface area contributed by atoms with Crippen molar-refractivity contribution < 1.29 is 18.0 Å². The quantitative estimate of drug-likeness (QED) is 0.621. The number of carbonyl (C=O) groups is 1. The number of rotatable bonds is 6. The van der Waals surface area contributed by atoms with Gasteiger partial charge in [0.05, 0.1) is 11.3 Å². The molecule has 0 aliphatic carbocycles. The van der Waals surface area contributed by atoms with Gasteiger partial charge in [0.15, 0.2) is 5.16 Å². The van der Waals surface area contributed by atoms with Gasteiger partial charge in [-0.1, -0.05) is 42.1 Å². The van der Waals surface area contributed by atoms with E-state index in [0.29, 0.717) is 17.4 Å². The minimum absolute atomic E-state index is 0.104. The van der Waals surface area contributed by atoms with E-state index in [4.69, 9.17) is 0 Å². The van der Waals surface area contributed by atoms with Crippen LogP contribution in [-0.2, 0) is 17.5 Å². The molecule has 0 saturated heterocycles. The molecular formula is C19H16F3N3OS. The van der Waals surface area contributed by atoms with Gasteiger partial charge in [-0.2, -0.15) is 13.2 Å². The predicted molar refractivity (Wildman–Crippen MR) is 98.6 cm³/mol. The molecule has 140 valence electrons. The molecule has 8 heteroatoms. The first kappa shape index (κ1) is 19.0. The van der Waals surface area contributed by atoms with Crippen LogP contribution in [0.5, 0.6) is 0 Å². The van der Waals surface area contributed by atoms with E-state index < -0.39 is 11.7 Å². The summed E-state index contributed by atoms with van der Waals surface area (Å²) in [4.78, 5) is 16.3. The van der Waals surface area contributed by atoms with Gasteiger partial charge >= 0.3 is 6.18 Å². The van der Waals surface area contributed by atoms with Gasteiger partial charge in [-0.15, -0.1) is 0 Å². The van der Waals surface area contributed by atoms with Gasteiger partial charge in [0.1, 0.15) is 0 Å². The van der Waals surface area contributed by atoms with Gasteiger partial charge in [0.2, 0.25) is 5.91 Å². The second-order valence-electron chi connectivity index (χ2n) is 5.74. The Morgan fingerprint density at radius 3 is 2.44 bits per heavy atom. The lowest BCUT2D eigenvalue weighted by Crippen LogP contribution is -2.15. The number of carbonyl (C=O) groups excluding carboxylic acids is 1. The molecule has 0 atom stereocenters. The van der Waals surface area contributed by atoms with Crippen LogP contribution in [0.1, 0.15) is 11.1 Å². The van der Waals surface area contributed by atoms with E-state index in [1.807, 2.05) is 41.1 Å². The number of amides is 1. The Labute approximate surface area is 158 Å². The normalized spacial score (nSPS) is 11.4. The maximum atomic E-state index is 12.6. The summed E-state index contributed by atoms with van der Waals surface area (Å²) in [7, 11) is 0. The number of hydrogen-bond donors (Lipinski definition) is 1. The molecule has 0 bridgehead atoms. The summed E-state index contributed by atoms with van der Waals surface area (Å²) in [6.45, 7) is 0.643. The van der Waals surface area contributed by atoms with Crippen molar-refractivity contribution in [3.63, 3.8) is 0 Å². The Hall–Kier alpha value is -2.74. The number of anilines is 1. The first-order valence-corrected chi connectivity index (χ1v) is 9.05. The zero-order chi connectivity index (χ0) is 19.3. The third-order valence-electron chi connectivity index (χ3n) is 3.70. The van der Waals surface area contributed by atoms with Gasteiger partial charge in [0, 0.05) is 24.6 Å². The van der Waals surface area contributed by atoms with Crippen molar-refractivity contribution in [1.82, 2.24) is 9.55 Å². The fraction of sp³-hybridized carbons (Fsp3) is 0.158. The molecular weight excluding hydrogens is 375 g/mol. The Balaban J connectivity index is 1.55. The van der Waals surface area contributed by atoms with Gasteiger partial charge in [-0.05, 0) is 29.8 Å². The van der Waals surface area contributed by atoms with Gasteiger partial charge in [-0.3, -0.25) is 4.79 Å². The molecule has 3 aromatic rings. The summed E-state index contributed by atoms with van der Waals surface area (Å²) in [6, 6.07) is 14.2. The van der Waals surface area contributed by atoms with Gasteiger partial charge < -0.3 is 9.88 Å². The van der Waals surface area contributed by atoms with Crippen molar-refractivity contribution in [2.75, 3.05) is 11.1 Å². The molecule has 0 radical (unpaired) electrons. The number of alkyl halides is 3. The SMILES string of the molecule is O=C(CSc1nccn1Cc1ccccc1)Nc1ccc(C(F)(F)F)cc1. The number of aromatic nitrogens is 2. The summed E-state index contributed by atoms with van der Waals surface area (Å²) in [5, 5.41) is 3.28. The molecule has 1 heterocycles. The summed E-state index contributed by atoms with van der Waals surface area (Å²) in [5.74, 6) is -0.207. The van der Waals surface area contributed by atoms with Crippen LogP contribution in [0.15, 0.2) is 72.1 Å². The molecule has 1 N–H and O–H groups in total. The highest BCUT2D eigenvalue weighted by molar-refractivity contribution is 7.99. The zero-order valence-corrected chi connectivity index (χ0v) is 14.9. The summed E-state index contributed by atoms with van der Waals surface area (Å²) < 4.78 is 39.6. The average molecular weight is 391 g/mol. The van der Waals surface area contributed by atoms with Crippen molar-refractivity contribution in [3.8, 4) is 0 Å². The second-order valence-corrected chi connectivity index (χ2v) is 6.68. The number of hydrogen-bond acceptors (Lipinski definition) is 3. The van der Waals surface area contributed by atoms with E-state index in [1.54, 1.807) is 6.20 Å². The van der Waals surface area contributed by atoms with Crippen LogP contribution in [-0.4, -0.2) is 21.2 Å². The summed E-state index contributed by atoms with van der Waals surface area (Å²) in [6.07, 6.45) is -0.893. The molecule has 1 amide bonds. The topological polar surface area (TPSA) is 46.9 Å². The van der Waals surface area contributed by atoms with E-state index in [1.165, 1.54) is 23.9 Å². The Kier molecular flexibility index (Phi) is 5.85. The molecule has 2 aromatic carbocycles. The first-order chi connectivity index (χ1) is 12.9. The molecule has 0 fully saturated rings. The highest BCUT2D eigenvalue weighted by Gasteiger charge is 2.29. The van der Waals surface area contributed by atoms with E-state index in [2.05, 4.69) is 10.3 Å². The fourth-order valence-corrected chi connectivity index (χ4v) is 3.16. The first-order valence-electron chi connectivity index (χ1n) is 8.07. The molecule has 4 nitrogen and oxygen atoms in total. The predicted octanol–water partition coefficient (Wildman–Crippen LogP) is 4.68. The minimum Gasteiger partial charge on any atom is -0.325 e. The third kappa shape index (κ3) is 5.37. The van der Waals surface area contributed by atoms with Crippen molar-refractivity contribution in [2.24, 2.45) is 0 Å². The smallest absolute Gasteiger partial charge is 0.325 e. The van der Waals surface area contributed by atoms with Crippen LogP contribution in [0.2, 0.25) is 0 Å². The largest absolute Gasteiger partial charge is 0.416 e. The monoisotopic (exact) mass is 391 g/mol. The second kappa shape index (κ2) is 8.30. The Morgan fingerprint density at radius 1 is 1.07 bits per heavy atom. The number of halogens is 3. The highest BCUT2D eigenvalue weighted by atomic mass is 32.2. The molecule has 27 heavy (non-hydrogen) atoms. The lowest BCUT2D eigenvalue weighted by molar-refractivity contribution is -0.137. The van der Waals surface area contributed by atoms with Crippen LogP contribution in [0.25, 0.3) is 0 Å². The lowest BCUT2D eigenvalue weighted by atomic mass is 10.2. The van der Waals surface area contributed by atoms with E-state index in [-0.39, 0.29) is 11.7 Å². The van der Waals surface area contributed by atoms with Crippen molar-refractivity contribution in [2.45, 2.75) is 17.9 Å². The van der Waals surface area contributed by atoms with Gasteiger partial charge in [0.25, 0.3) is 0 Å². The minimum atomic E-state index is -4.39. The van der Waals surface area contributed by atoms with Crippen molar-refractivity contribution in [1.29, 1.82) is 0 Å². The maximum Gasteiger partial charge on any atom is 0.416 e. The molecule has 1 aromatic heterocycles. The molecule has 0 spiro atoms. The summed E-state index contributed by atoms with van der Waals surface area (Å²) in [5.41, 5.74) is 0.686. The number of benzene rings is 2. The molecule has 3 rings (SSSR count). The number of thioether (sulfide) groups is 1. The van der Waals surface area contributed by atoms with Crippen LogP contribution in [0.4, 0.5) is 18.9 Å². The van der Waals surface area contributed by atoms with E-state index in [9.17, 15) is 18.0 Å². The van der Waals surface area contributed by atoms with Crippen molar-refractivity contribution >= 4 is 23.4 Å². The Bertz CT molecular complexity index is 893. The average Bonchev–Trinajstić information content (AvgIpc) is 3.07. The molecule has 0 aliphatic rings. The van der Waals surface area contributed by atoms with Crippen molar-refractivity contribution in [3.05, 3.63) is 78.1 Å². The van der Waals surface area contributed by atoms with E-state index >= 15 is 0 Å². The van der Waals surface area contributed by atoms with E-state index in [0.717, 1.165) is 17.7 Å². The highest BCUT2D eigenvalue weighted by Crippen LogP contribution is 2.29. The summed E-state index contributed by atoms with van der Waals surface area (Å²) >= 11 is 1.27. The zero-order valence-electron chi connectivity index (χ0n) is 14.1. The van der Waals surface area contributed by atoms with Crippen LogP contribution in [0.3, 0.4) is 0 Å². The number of nitrogens with one attached hydrogen (secondary N) is 1.